The number of amides is 2. The monoisotopic (exact) mass is 396 g/mol. The average molecular weight is 397 g/mol. The number of alkyl halides is 3. The highest BCUT2D eigenvalue weighted by Crippen LogP contribution is 2.36. The molecule has 0 bridgehead atoms. The van der Waals surface area contributed by atoms with Crippen molar-refractivity contribution in [2.45, 2.75) is 31.7 Å². The first-order chi connectivity index (χ1) is 11.3. The minimum atomic E-state index is -4.62. The minimum Gasteiger partial charge on any atom is -0.336 e. The molecule has 0 fully saturated rings. The van der Waals surface area contributed by atoms with Gasteiger partial charge in [0.05, 0.1) is 22.9 Å². The maximum atomic E-state index is 12.8. The summed E-state index contributed by atoms with van der Waals surface area (Å²) in [5.74, 6) is -0.610. The molecule has 0 aromatic heterocycles. The molecule has 1 aromatic rings. The van der Waals surface area contributed by atoms with E-state index in [-0.39, 0.29) is 28.6 Å². The summed E-state index contributed by atoms with van der Waals surface area (Å²) in [6.45, 7) is 5.65. The number of hydrogen-bond acceptors (Lipinski definition) is 3. The third kappa shape index (κ3) is 7.56. The molecule has 25 heavy (non-hydrogen) atoms. The first-order valence-corrected chi connectivity index (χ1v) is 8.70. The zero-order valence-corrected chi connectivity index (χ0v) is 15.9. The molecule has 2 amide bonds. The fraction of sp³-hybridized carbons (Fsp3) is 0.500. The Kier molecular flexibility index (Phi) is 7.19. The van der Waals surface area contributed by atoms with Crippen LogP contribution in [0, 0.1) is 0 Å². The molecule has 1 aromatic carbocycles. The van der Waals surface area contributed by atoms with Crippen molar-refractivity contribution in [1.29, 1.82) is 0 Å². The molecule has 0 aliphatic rings. The van der Waals surface area contributed by atoms with Crippen LogP contribution >= 0.6 is 23.4 Å². The highest BCUT2D eigenvalue weighted by atomic mass is 35.5. The molecule has 140 valence electrons. The SMILES string of the molecule is CN(CC(=O)Nc1ccc(Cl)c(C(F)(F)F)c1)C(=O)CSC(C)(C)C. The summed E-state index contributed by atoms with van der Waals surface area (Å²) in [6, 6.07) is 3.10. The van der Waals surface area contributed by atoms with Crippen molar-refractivity contribution >= 4 is 40.9 Å². The number of carbonyl (C=O) groups excluding carboxylic acids is 2. The number of halogens is 4. The van der Waals surface area contributed by atoms with Crippen LogP contribution < -0.4 is 5.32 Å². The van der Waals surface area contributed by atoms with E-state index in [1.54, 1.807) is 0 Å². The van der Waals surface area contributed by atoms with Gasteiger partial charge in [0, 0.05) is 17.5 Å². The van der Waals surface area contributed by atoms with Crippen LogP contribution in [-0.4, -0.2) is 40.8 Å². The lowest BCUT2D eigenvalue weighted by atomic mass is 10.2. The molecule has 0 saturated heterocycles. The number of nitrogens with zero attached hydrogens (tertiary/aromatic N) is 1. The molecule has 0 unspecified atom stereocenters. The molecule has 0 radical (unpaired) electrons. The largest absolute Gasteiger partial charge is 0.417 e. The van der Waals surface area contributed by atoms with E-state index in [0.29, 0.717) is 0 Å². The van der Waals surface area contributed by atoms with Crippen LogP contribution in [0.1, 0.15) is 26.3 Å². The lowest BCUT2D eigenvalue weighted by molar-refractivity contribution is -0.137. The Morgan fingerprint density at radius 3 is 2.36 bits per heavy atom. The summed E-state index contributed by atoms with van der Waals surface area (Å²) in [4.78, 5) is 25.1. The van der Waals surface area contributed by atoms with E-state index < -0.39 is 22.7 Å². The third-order valence-corrected chi connectivity index (χ3v) is 4.58. The highest BCUT2D eigenvalue weighted by molar-refractivity contribution is 8.01. The average Bonchev–Trinajstić information content (AvgIpc) is 2.44. The Balaban J connectivity index is 2.66. The van der Waals surface area contributed by atoms with E-state index >= 15 is 0 Å². The highest BCUT2D eigenvalue weighted by Gasteiger charge is 2.33. The minimum absolute atomic E-state index is 0.0355. The lowest BCUT2D eigenvalue weighted by Crippen LogP contribution is -2.36. The van der Waals surface area contributed by atoms with Gasteiger partial charge in [-0.3, -0.25) is 9.59 Å². The molecular weight excluding hydrogens is 377 g/mol. The van der Waals surface area contributed by atoms with Gasteiger partial charge >= 0.3 is 6.18 Å². The van der Waals surface area contributed by atoms with Gasteiger partial charge in [0.2, 0.25) is 11.8 Å². The van der Waals surface area contributed by atoms with Gasteiger partial charge < -0.3 is 10.2 Å². The van der Waals surface area contributed by atoms with Gasteiger partial charge in [0.25, 0.3) is 0 Å². The Morgan fingerprint density at radius 2 is 1.84 bits per heavy atom. The number of anilines is 1. The molecule has 0 saturated carbocycles. The standard InChI is InChI=1S/C16H20ClF3N2O2S/c1-15(2,3)25-9-14(24)22(4)8-13(23)21-10-5-6-12(17)11(7-10)16(18,19)20/h5-7H,8-9H2,1-4H3,(H,21,23). The molecule has 1 rings (SSSR count). The lowest BCUT2D eigenvalue weighted by Gasteiger charge is -2.21. The van der Waals surface area contributed by atoms with Crippen molar-refractivity contribution < 1.29 is 22.8 Å². The van der Waals surface area contributed by atoms with Crippen molar-refractivity contribution in [3.63, 3.8) is 0 Å². The molecule has 9 heteroatoms. The molecular formula is C16H20ClF3N2O2S. The predicted molar refractivity (Wildman–Crippen MR) is 94.9 cm³/mol. The van der Waals surface area contributed by atoms with Crippen LogP contribution in [0.15, 0.2) is 18.2 Å². The quantitative estimate of drug-likeness (QED) is 0.807. The Labute approximate surface area is 154 Å². The van der Waals surface area contributed by atoms with Gasteiger partial charge in [-0.15, -0.1) is 11.8 Å². The predicted octanol–water partition coefficient (Wildman–Crippen LogP) is 4.29. The van der Waals surface area contributed by atoms with Crippen LogP contribution in [-0.2, 0) is 15.8 Å². The van der Waals surface area contributed by atoms with Gasteiger partial charge in [-0.1, -0.05) is 32.4 Å². The second-order valence-corrected chi connectivity index (χ2v) is 8.60. The van der Waals surface area contributed by atoms with Gasteiger partial charge in [0.15, 0.2) is 0 Å². The van der Waals surface area contributed by atoms with E-state index in [0.717, 1.165) is 12.1 Å². The number of nitrogens with one attached hydrogen (secondary N) is 1. The van der Waals surface area contributed by atoms with E-state index in [2.05, 4.69) is 5.32 Å². The topological polar surface area (TPSA) is 49.4 Å². The van der Waals surface area contributed by atoms with Crippen molar-refractivity contribution in [1.82, 2.24) is 4.90 Å². The number of benzene rings is 1. The molecule has 0 aliphatic heterocycles. The Bertz CT molecular complexity index is 645. The normalized spacial score (nSPS) is 12.0. The van der Waals surface area contributed by atoms with Crippen LogP contribution in [0.25, 0.3) is 0 Å². The summed E-state index contributed by atoms with van der Waals surface area (Å²) >= 11 is 6.97. The van der Waals surface area contributed by atoms with Crippen LogP contribution in [0.2, 0.25) is 5.02 Å². The van der Waals surface area contributed by atoms with E-state index in [1.807, 2.05) is 20.8 Å². The summed E-state index contributed by atoms with van der Waals surface area (Å²) < 4.78 is 38.3. The third-order valence-electron chi connectivity index (χ3n) is 2.99. The van der Waals surface area contributed by atoms with E-state index in [4.69, 9.17) is 11.6 Å². The smallest absolute Gasteiger partial charge is 0.336 e. The first-order valence-electron chi connectivity index (χ1n) is 7.34. The molecule has 4 nitrogen and oxygen atoms in total. The first kappa shape index (κ1) is 21.6. The van der Waals surface area contributed by atoms with E-state index in [1.165, 1.54) is 29.8 Å². The Hall–Kier alpha value is -1.41. The van der Waals surface area contributed by atoms with Gasteiger partial charge in [0.1, 0.15) is 0 Å². The fourth-order valence-corrected chi connectivity index (χ4v) is 2.71. The summed E-state index contributed by atoms with van der Waals surface area (Å²) in [5.41, 5.74) is -1.07. The second kappa shape index (κ2) is 8.31. The molecule has 0 atom stereocenters. The van der Waals surface area contributed by atoms with E-state index in [9.17, 15) is 22.8 Å². The molecule has 0 heterocycles. The van der Waals surface area contributed by atoms with Crippen molar-refractivity contribution in [3.05, 3.63) is 28.8 Å². The number of carbonyl (C=O) groups is 2. The summed E-state index contributed by atoms with van der Waals surface area (Å²) in [5, 5.41) is 1.89. The maximum Gasteiger partial charge on any atom is 0.417 e. The zero-order chi connectivity index (χ0) is 19.4. The molecule has 1 N–H and O–H groups in total. The van der Waals surface area contributed by atoms with Crippen molar-refractivity contribution in [2.24, 2.45) is 0 Å². The number of hydrogen-bond donors (Lipinski definition) is 1. The van der Waals surface area contributed by atoms with Gasteiger partial charge in [-0.05, 0) is 18.2 Å². The number of likely N-dealkylation sites (N-methyl/N-ethyl adjacent to an activating group) is 1. The second-order valence-electron chi connectivity index (χ2n) is 6.39. The molecule has 0 spiro atoms. The maximum absolute atomic E-state index is 12.8. The van der Waals surface area contributed by atoms with Crippen LogP contribution in [0.5, 0.6) is 0 Å². The number of thioether (sulfide) groups is 1. The Morgan fingerprint density at radius 1 is 1.24 bits per heavy atom. The summed E-state index contributed by atoms with van der Waals surface area (Å²) in [6.07, 6.45) is -4.62. The van der Waals surface area contributed by atoms with Crippen LogP contribution in [0.3, 0.4) is 0 Å². The van der Waals surface area contributed by atoms with Crippen LogP contribution in [0.4, 0.5) is 18.9 Å². The number of rotatable bonds is 5. The zero-order valence-electron chi connectivity index (χ0n) is 14.3. The van der Waals surface area contributed by atoms with Crippen molar-refractivity contribution in [2.75, 3.05) is 24.7 Å². The van der Waals surface area contributed by atoms with Gasteiger partial charge in [-0.25, -0.2) is 0 Å². The fourth-order valence-electron chi connectivity index (χ4n) is 1.71. The molecule has 0 aliphatic carbocycles. The van der Waals surface area contributed by atoms with Crippen molar-refractivity contribution in [3.8, 4) is 0 Å². The summed E-state index contributed by atoms with van der Waals surface area (Å²) in [7, 11) is 1.47. The van der Waals surface area contributed by atoms with Gasteiger partial charge in [-0.2, -0.15) is 13.2 Å².